The Morgan fingerprint density at radius 2 is 2.04 bits per heavy atom. The van der Waals surface area contributed by atoms with Crippen LogP contribution in [0.15, 0.2) is 28.9 Å². The molecule has 26 heavy (non-hydrogen) atoms. The molecule has 1 aliphatic rings. The number of nitrogens with one attached hydrogen (secondary N) is 1. The van der Waals surface area contributed by atoms with Gasteiger partial charge in [0.2, 0.25) is 0 Å². The van der Waals surface area contributed by atoms with E-state index in [4.69, 9.17) is 9.26 Å². The molecule has 0 atom stereocenters. The van der Waals surface area contributed by atoms with E-state index in [2.05, 4.69) is 20.4 Å². The maximum absolute atomic E-state index is 12.2. The average molecular weight is 359 g/mol. The number of aryl methyl sites for hydroxylation is 1. The lowest BCUT2D eigenvalue weighted by molar-refractivity contribution is 0.101. The lowest BCUT2D eigenvalue weighted by Gasteiger charge is -2.35. The van der Waals surface area contributed by atoms with Gasteiger partial charge in [0.05, 0.1) is 18.5 Å². The third-order valence-corrected chi connectivity index (χ3v) is 4.02. The number of hydrogen-bond acceptors (Lipinski definition) is 7. The van der Waals surface area contributed by atoms with Gasteiger partial charge in [-0.2, -0.15) is 0 Å². The van der Waals surface area contributed by atoms with Crippen LogP contribution in [0.5, 0.6) is 0 Å². The first-order valence-electron chi connectivity index (χ1n) is 8.44. The number of amides is 2. The summed E-state index contributed by atoms with van der Waals surface area (Å²) in [6.07, 6.45) is 1.38. The van der Waals surface area contributed by atoms with Crippen molar-refractivity contribution in [1.82, 2.24) is 15.0 Å². The van der Waals surface area contributed by atoms with E-state index in [0.717, 1.165) is 5.69 Å². The fraction of sp³-hybridized carbons (Fsp3) is 0.412. The zero-order valence-corrected chi connectivity index (χ0v) is 14.8. The quantitative estimate of drug-likeness (QED) is 0.890. The van der Waals surface area contributed by atoms with Crippen LogP contribution in [0.1, 0.15) is 23.2 Å². The maximum atomic E-state index is 12.2. The second-order valence-corrected chi connectivity index (χ2v) is 5.85. The lowest BCUT2D eigenvalue weighted by Crippen LogP contribution is -2.49. The summed E-state index contributed by atoms with van der Waals surface area (Å²) in [6, 6.07) is 5.14. The fourth-order valence-electron chi connectivity index (χ4n) is 2.68. The molecule has 9 heteroatoms. The number of carbonyl (C=O) groups excluding carboxylic acids is 2. The van der Waals surface area contributed by atoms with Crippen LogP contribution in [0.3, 0.4) is 0 Å². The van der Waals surface area contributed by atoms with Crippen molar-refractivity contribution in [2.75, 3.05) is 43.0 Å². The first kappa shape index (κ1) is 17.7. The molecule has 2 aromatic rings. The molecule has 138 valence electrons. The first-order valence-corrected chi connectivity index (χ1v) is 8.44. The van der Waals surface area contributed by atoms with Gasteiger partial charge in [0.15, 0.2) is 5.82 Å². The van der Waals surface area contributed by atoms with E-state index in [0.29, 0.717) is 50.1 Å². The maximum Gasteiger partial charge on any atom is 0.409 e. The summed E-state index contributed by atoms with van der Waals surface area (Å²) in [6.45, 7) is 6.47. The molecule has 2 amide bonds. The number of ether oxygens (including phenoxy) is 1. The molecular formula is C17H21N5O4. The second-order valence-electron chi connectivity index (χ2n) is 5.85. The van der Waals surface area contributed by atoms with Gasteiger partial charge in [0, 0.05) is 32.2 Å². The lowest BCUT2D eigenvalue weighted by atomic mass is 10.2. The van der Waals surface area contributed by atoms with Crippen LogP contribution >= 0.6 is 0 Å². The Balaban J connectivity index is 1.56. The molecular weight excluding hydrogens is 338 g/mol. The largest absolute Gasteiger partial charge is 0.450 e. The number of nitrogens with zero attached hydrogens (tertiary/aromatic N) is 4. The molecule has 3 heterocycles. The van der Waals surface area contributed by atoms with Crippen LogP contribution in [0.4, 0.5) is 16.3 Å². The molecule has 1 saturated heterocycles. The molecule has 1 fully saturated rings. The SMILES string of the molecule is CCOC(=O)N1CCN(c2ccc(C(=O)Nc3cc(C)on3)nc2)CC1. The summed E-state index contributed by atoms with van der Waals surface area (Å²) < 4.78 is 9.93. The number of carbonyl (C=O) groups is 2. The third-order valence-electron chi connectivity index (χ3n) is 4.02. The second kappa shape index (κ2) is 7.85. The molecule has 1 N–H and O–H groups in total. The Morgan fingerprint density at radius 3 is 2.62 bits per heavy atom. The minimum atomic E-state index is -0.350. The summed E-state index contributed by atoms with van der Waals surface area (Å²) >= 11 is 0. The molecule has 0 unspecified atom stereocenters. The number of anilines is 2. The topological polar surface area (TPSA) is 101 Å². The fourth-order valence-corrected chi connectivity index (χ4v) is 2.68. The Bertz CT molecular complexity index is 766. The molecule has 0 spiro atoms. The van der Waals surface area contributed by atoms with Crippen LogP contribution in [-0.2, 0) is 4.74 Å². The van der Waals surface area contributed by atoms with Crippen molar-refractivity contribution in [3.05, 3.63) is 35.9 Å². The van der Waals surface area contributed by atoms with Gasteiger partial charge < -0.3 is 24.4 Å². The number of piperazine rings is 1. The monoisotopic (exact) mass is 359 g/mol. The summed E-state index contributed by atoms with van der Waals surface area (Å²) in [7, 11) is 0. The van der Waals surface area contributed by atoms with Crippen LogP contribution in [-0.4, -0.2) is 59.8 Å². The predicted octanol–water partition coefficient (Wildman–Crippen LogP) is 1.91. The van der Waals surface area contributed by atoms with Gasteiger partial charge in [-0.05, 0) is 26.0 Å². The highest BCUT2D eigenvalue weighted by atomic mass is 16.6. The Labute approximate surface area is 150 Å². The van der Waals surface area contributed by atoms with E-state index in [1.807, 2.05) is 6.07 Å². The minimum absolute atomic E-state index is 0.277. The van der Waals surface area contributed by atoms with Crippen molar-refractivity contribution in [2.45, 2.75) is 13.8 Å². The molecule has 2 aromatic heterocycles. The van der Waals surface area contributed by atoms with Gasteiger partial charge in [-0.15, -0.1) is 0 Å². The van der Waals surface area contributed by atoms with Gasteiger partial charge in [0.25, 0.3) is 5.91 Å². The van der Waals surface area contributed by atoms with E-state index >= 15 is 0 Å². The van der Waals surface area contributed by atoms with Crippen molar-refractivity contribution >= 4 is 23.5 Å². The highest BCUT2D eigenvalue weighted by Crippen LogP contribution is 2.17. The van der Waals surface area contributed by atoms with Crippen LogP contribution in [0, 0.1) is 6.92 Å². The summed E-state index contributed by atoms with van der Waals surface area (Å²) in [5.74, 6) is 0.621. The number of rotatable bonds is 4. The van der Waals surface area contributed by atoms with Crippen molar-refractivity contribution in [1.29, 1.82) is 0 Å². The Hall–Kier alpha value is -3.10. The van der Waals surface area contributed by atoms with Gasteiger partial charge in [-0.3, -0.25) is 4.79 Å². The van der Waals surface area contributed by atoms with E-state index in [1.54, 1.807) is 37.1 Å². The summed E-state index contributed by atoms with van der Waals surface area (Å²) in [4.78, 5) is 31.9. The zero-order chi connectivity index (χ0) is 18.5. The van der Waals surface area contributed by atoms with E-state index < -0.39 is 0 Å². The molecule has 0 aromatic carbocycles. The Morgan fingerprint density at radius 1 is 1.27 bits per heavy atom. The van der Waals surface area contributed by atoms with E-state index in [9.17, 15) is 9.59 Å². The first-order chi connectivity index (χ1) is 12.6. The number of aromatic nitrogens is 2. The third kappa shape index (κ3) is 4.11. The molecule has 0 aliphatic carbocycles. The molecule has 0 bridgehead atoms. The zero-order valence-electron chi connectivity index (χ0n) is 14.8. The van der Waals surface area contributed by atoms with Gasteiger partial charge in [-0.1, -0.05) is 5.16 Å². The van der Waals surface area contributed by atoms with Gasteiger partial charge in [-0.25, -0.2) is 9.78 Å². The normalized spacial score (nSPS) is 14.2. The van der Waals surface area contributed by atoms with Crippen LogP contribution in [0.25, 0.3) is 0 Å². The highest BCUT2D eigenvalue weighted by Gasteiger charge is 2.22. The molecule has 0 saturated carbocycles. The number of pyridine rings is 1. The molecule has 0 radical (unpaired) electrons. The van der Waals surface area contributed by atoms with E-state index in [-0.39, 0.29) is 12.0 Å². The minimum Gasteiger partial charge on any atom is -0.450 e. The molecule has 9 nitrogen and oxygen atoms in total. The Kier molecular flexibility index (Phi) is 5.35. The van der Waals surface area contributed by atoms with E-state index in [1.165, 1.54) is 0 Å². The van der Waals surface area contributed by atoms with Crippen molar-refractivity contribution in [2.24, 2.45) is 0 Å². The van der Waals surface area contributed by atoms with Crippen molar-refractivity contribution in [3.8, 4) is 0 Å². The van der Waals surface area contributed by atoms with Crippen LogP contribution < -0.4 is 10.2 Å². The van der Waals surface area contributed by atoms with Gasteiger partial charge in [0.1, 0.15) is 11.5 Å². The highest BCUT2D eigenvalue weighted by molar-refractivity contribution is 6.02. The summed E-state index contributed by atoms with van der Waals surface area (Å²) in [5, 5.41) is 6.35. The standard InChI is InChI=1S/C17H21N5O4/c1-3-25-17(24)22-8-6-21(7-9-22)13-4-5-14(18-11-13)16(23)19-15-10-12(2)26-20-15/h4-5,10-11H,3,6-9H2,1-2H3,(H,19,20,23). The summed E-state index contributed by atoms with van der Waals surface area (Å²) in [5.41, 5.74) is 1.20. The molecule has 1 aliphatic heterocycles. The molecule has 3 rings (SSSR count). The van der Waals surface area contributed by atoms with Gasteiger partial charge >= 0.3 is 6.09 Å². The smallest absolute Gasteiger partial charge is 0.409 e. The van der Waals surface area contributed by atoms with Crippen molar-refractivity contribution in [3.63, 3.8) is 0 Å². The number of hydrogen-bond donors (Lipinski definition) is 1. The van der Waals surface area contributed by atoms with Crippen LogP contribution in [0.2, 0.25) is 0 Å². The van der Waals surface area contributed by atoms with Crippen molar-refractivity contribution < 1.29 is 18.8 Å². The predicted molar refractivity (Wildman–Crippen MR) is 94.2 cm³/mol. The average Bonchev–Trinajstić information content (AvgIpc) is 3.07.